The van der Waals surface area contributed by atoms with Gasteiger partial charge in [0.2, 0.25) is 0 Å². The Morgan fingerprint density at radius 3 is 1.32 bits per heavy atom. The van der Waals surface area contributed by atoms with Crippen LogP contribution in [0.4, 0.5) is 0 Å². The largest absolute Gasteiger partial charge is 0.258 e. The Morgan fingerprint density at radius 1 is 0.358 bits per heavy atom. The highest BCUT2D eigenvalue weighted by molar-refractivity contribution is 6.21. The number of aryl methyl sites for hydroxylation is 2. The van der Waals surface area contributed by atoms with Crippen molar-refractivity contribution in [1.82, 2.24) is 19.9 Å². The molecule has 252 valence electrons. The van der Waals surface area contributed by atoms with Crippen molar-refractivity contribution < 1.29 is 0 Å². The summed E-state index contributed by atoms with van der Waals surface area (Å²) in [4.78, 5) is 20.1. The fourth-order valence-electron chi connectivity index (χ4n) is 7.49. The van der Waals surface area contributed by atoms with Crippen molar-refractivity contribution in [2.45, 2.75) is 20.3 Å². The van der Waals surface area contributed by atoms with Gasteiger partial charge in [-0.1, -0.05) is 159 Å². The molecule has 0 fully saturated rings. The third-order valence-electron chi connectivity index (χ3n) is 9.95. The van der Waals surface area contributed by atoms with Crippen LogP contribution < -0.4 is 0 Å². The number of hydrogen-bond acceptors (Lipinski definition) is 4. The monoisotopic (exact) mass is 680 g/mol. The quantitative estimate of drug-likeness (QED) is 0.157. The number of hydrogen-bond donors (Lipinski definition) is 0. The Labute approximate surface area is 309 Å². The van der Waals surface area contributed by atoms with E-state index in [1.54, 1.807) is 0 Å². The van der Waals surface area contributed by atoms with Crippen molar-refractivity contribution >= 4 is 21.5 Å². The predicted octanol–water partition coefficient (Wildman–Crippen LogP) is 12.4. The number of pyridine rings is 1. The number of nitrogens with zero attached hydrogens (tertiary/aromatic N) is 4. The molecule has 4 nitrogen and oxygen atoms in total. The zero-order chi connectivity index (χ0) is 35.7. The zero-order valence-electron chi connectivity index (χ0n) is 29.7. The van der Waals surface area contributed by atoms with E-state index >= 15 is 0 Å². The molecule has 0 saturated carbocycles. The van der Waals surface area contributed by atoms with Gasteiger partial charge in [-0.15, -0.1) is 0 Å². The average molecular weight is 681 g/mol. The standard InChI is InChI=1S/C49H36N4/c1-3-44-39(29-28-32(2)50-44)35-20-14-22-37(30-35)48-51-47(34-18-8-5-9-19-34)52-49(53-48)38-23-15-21-36(31-38)46-42-26-12-10-24-40(42)45(33-16-6-4-7-17-33)41-25-11-13-27-43(41)46/h4-31H,3H2,1-2H3. The Bertz CT molecular complexity index is 2720. The van der Waals surface area contributed by atoms with Crippen LogP contribution in [0.1, 0.15) is 18.3 Å². The summed E-state index contributed by atoms with van der Waals surface area (Å²) in [5.41, 5.74) is 11.9. The second-order valence-corrected chi connectivity index (χ2v) is 13.3. The predicted molar refractivity (Wildman–Crippen MR) is 219 cm³/mol. The van der Waals surface area contributed by atoms with Crippen LogP contribution in [0, 0.1) is 6.92 Å². The molecule has 0 unspecified atom stereocenters. The first-order valence-electron chi connectivity index (χ1n) is 18.1. The lowest BCUT2D eigenvalue weighted by Gasteiger charge is -2.18. The molecule has 9 aromatic rings. The third-order valence-corrected chi connectivity index (χ3v) is 9.95. The first kappa shape index (κ1) is 32.1. The van der Waals surface area contributed by atoms with E-state index < -0.39 is 0 Å². The van der Waals surface area contributed by atoms with Gasteiger partial charge in [-0.05, 0) is 80.9 Å². The molecule has 9 rings (SSSR count). The molecule has 0 spiro atoms. The van der Waals surface area contributed by atoms with Gasteiger partial charge in [0.15, 0.2) is 17.5 Å². The van der Waals surface area contributed by atoms with Crippen molar-refractivity contribution in [3.63, 3.8) is 0 Å². The fraction of sp³-hybridized carbons (Fsp3) is 0.0612. The summed E-state index contributed by atoms with van der Waals surface area (Å²) in [6.07, 6.45) is 0.852. The first-order valence-corrected chi connectivity index (χ1v) is 18.1. The topological polar surface area (TPSA) is 51.6 Å². The lowest BCUT2D eigenvalue weighted by atomic mass is 9.86. The zero-order valence-corrected chi connectivity index (χ0v) is 29.7. The molecule has 0 N–H and O–H groups in total. The average Bonchev–Trinajstić information content (AvgIpc) is 3.23. The molecule has 53 heavy (non-hydrogen) atoms. The molecule has 0 bridgehead atoms. The van der Waals surface area contributed by atoms with Gasteiger partial charge >= 0.3 is 0 Å². The van der Waals surface area contributed by atoms with E-state index in [0.717, 1.165) is 51.2 Å². The second-order valence-electron chi connectivity index (χ2n) is 13.3. The van der Waals surface area contributed by atoms with Crippen LogP contribution in [-0.2, 0) is 6.42 Å². The van der Waals surface area contributed by atoms with E-state index in [1.807, 2.05) is 37.3 Å². The van der Waals surface area contributed by atoms with Crippen LogP contribution in [0.5, 0.6) is 0 Å². The van der Waals surface area contributed by atoms with Crippen LogP contribution >= 0.6 is 0 Å². The van der Waals surface area contributed by atoms with Crippen molar-refractivity contribution in [3.05, 3.63) is 181 Å². The third kappa shape index (κ3) is 6.04. The van der Waals surface area contributed by atoms with Gasteiger partial charge in [0.05, 0.1) is 0 Å². The smallest absolute Gasteiger partial charge is 0.164 e. The highest BCUT2D eigenvalue weighted by Crippen LogP contribution is 2.44. The van der Waals surface area contributed by atoms with Gasteiger partial charge in [-0.25, -0.2) is 15.0 Å². The van der Waals surface area contributed by atoms with Gasteiger partial charge in [-0.2, -0.15) is 0 Å². The molecule has 7 aromatic carbocycles. The van der Waals surface area contributed by atoms with Gasteiger partial charge in [0.1, 0.15) is 0 Å². The van der Waals surface area contributed by atoms with E-state index in [0.29, 0.717) is 17.5 Å². The second kappa shape index (κ2) is 13.7. The SMILES string of the molecule is CCc1nc(C)ccc1-c1cccc(-c2nc(-c3ccccc3)nc(-c3cccc(-c4c5ccccc5c(-c5ccccc5)c5ccccc45)c3)n2)c1. The Kier molecular flexibility index (Phi) is 8.33. The minimum absolute atomic E-state index is 0.627. The van der Waals surface area contributed by atoms with Crippen molar-refractivity contribution in [2.24, 2.45) is 0 Å². The van der Waals surface area contributed by atoms with Crippen LogP contribution in [0.25, 0.3) is 89.1 Å². The lowest BCUT2D eigenvalue weighted by molar-refractivity contribution is 1.01. The summed E-state index contributed by atoms with van der Waals surface area (Å²) >= 11 is 0. The molecule has 0 aliphatic rings. The maximum Gasteiger partial charge on any atom is 0.164 e. The minimum atomic E-state index is 0.627. The van der Waals surface area contributed by atoms with E-state index in [2.05, 4.69) is 146 Å². The highest BCUT2D eigenvalue weighted by Gasteiger charge is 2.18. The van der Waals surface area contributed by atoms with E-state index in [4.69, 9.17) is 19.9 Å². The Morgan fingerprint density at radius 2 is 0.774 bits per heavy atom. The van der Waals surface area contributed by atoms with E-state index in [-0.39, 0.29) is 0 Å². The molecule has 0 saturated heterocycles. The molecule has 2 heterocycles. The molecular weight excluding hydrogens is 645 g/mol. The summed E-state index contributed by atoms with van der Waals surface area (Å²) in [5, 5.41) is 4.86. The van der Waals surface area contributed by atoms with Crippen molar-refractivity contribution in [3.8, 4) is 67.5 Å². The summed E-state index contributed by atoms with van der Waals surface area (Å²) in [6, 6.07) is 59.7. The van der Waals surface area contributed by atoms with Gasteiger partial charge in [0, 0.05) is 33.6 Å². The molecule has 0 radical (unpaired) electrons. The highest BCUT2D eigenvalue weighted by atomic mass is 15.0. The molecular formula is C49H36N4. The van der Waals surface area contributed by atoms with E-state index in [9.17, 15) is 0 Å². The number of aromatic nitrogens is 4. The van der Waals surface area contributed by atoms with Crippen LogP contribution in [-0.4, -0.2) is 19.9 Å². The summed E-state index contributed by atoms with van der Waals surface area (Å²) in [7, 11) is 0. The summed E-state index contributed by atoms with van der Waals surface area (Å²) in [6.45, 7) is 4.19. The molecule has 4 heteroatoms. The number of benzene rings is 7. The maximum atomic E-state index is 5.17. The number of rotatable bonds is 7. The fourth-order valence-corrected chi connectivity index (χ4v) is 7.49. The van der Waals surface area contributed by atoms with E-state index in [1.165, 1.54) is 38.2 Å². The molecule has 2 aromatic heterocycles. The maximum absolute atomic E-state index is 5.17. The van der Waals surface area contributed by atoms with Crippen LogP contribution in [0.3, 0.4) is 0 Å². The molecule has 0 aliphatic carbocycles. The molecule has 0 atom stereocenters. The van der Waals surface area contributed by atoms with Crippen LogP contribution in [0.2, 0.25) is 0 Å². The molecule has 0 aliphatic heterocycles. The lowest BCUT2D eigenvalue weighted by Crippen LogP contribution is -2.01. The Hall–Kier alpha value is -6.78. The van der Waals surface area contributed by atoms with Gasteiger partial charge in [0.25, 0.3) is 0 Å². The summed E-state index contributed by atoms with van der Waals surface area (Å²) in [5.74, 6) is 1.89. The normalized spacial score (nSPS) is 11.3. The number of fused-ring (bicyclic) bond motifs is 2. The first-order chi connectivity index (χ1) is 26.1. The Balaban J connectivity index is 1.23. The van der Waals surface area contributed by atoms with Crippen molar-refractivity contribution in [2.75, 3.05) is 0 Å². The van der Waals surface area contributed by atoms with Crippen molar-refractivity contribution in [1.29, 1.82) is 0 Å². The minimum Gasteiger partial charge on any atom is -0.258 e. The summed E-state index contributed by atoms with van der Waals surface area (Å²) < 4.78 is 0. The molecule has 0 amide bonds. The van der Waals surface area contributed by atoms with Gasteiger partial charge < -0.3 is 0 Å². The van der Waals surface area contributed by atoms with Crippen LogP contribution in [0.15, 0.2) is 170 Å². The van der Waals surface area contributed by atoms with Gasteiger partial charge in [-0.3, -0.25) is 4.98 Å².